The smallest absolute Gasteiger partial charge is 0.289 e. The molecule has 6 heteroatoms. The van der Waals surface area contributed by atoms with Crippen LogP contribution in [0.3, 0.4) is 0 Å². The van der Waals surface area contributed by atoms with Crippen LogP contribution in [0.2, 0.25) is 0 Å². The lowest BCUT2D eigenvalue weighted by atomic mass is 10.0. The van der Waals surface area contributed by atoms with E-state index in [0.717, 1.165) is 40.8 Å². The van der Waals surface area contributed by atoms with Gasteiger partial charge in [0.05, 0.1) is 0 Å². The Hall–Kier alpha value is -2.31. The van der Waals surface area contributed by atoms with E-state index in [2.05, 4.69) is 5.32 Å². The van der Waals surface area contributed by atoms with E-state index in [0.29, 0.717) is 24.1 Å². The Bertz CT molecular complexity index is 970. The fourth-order valence-electron chi connectivity index (χ4n) is 3.64. The lowest BCUT2D eigenvalue weighted by molar-refractivity contribution is 0.0667. The van der Waals surface area contributed by atoms with Gasteiger partial charge in [-0.3, -0.25) is 4.79 Å². The van der Waals surface area contributed by atoms with Gasteiger partial charge in [0.2, 0.25) is 0 Å². The SMILES string of the molecule is CNC1CCCN(C(=O)c2oc3ccccc3c2CSc2ccc(F)cc2)C1. The molecule has 0 spiro atoms. The molecule has 3 aromatic rings. The van der Waals surface area contributed by atoms with Crippen molar-refractivity contribution in [2.45, 2.75) is 29.5 Å². The molecule has 1 amide bonds. The topological polar surface area (TPSA) is 45.5 Å². The quantitative estimate of drug-likeness (QED) is 0.634. The van der Waals surface area contributed by atoms with Crippen LogP contribution in [0.4, 0.5) is 4.39 Å². The van der Waals surface area contributed by atoms with Crippen LogP contribution in [0.1, 0.15) is 29.0 Å². The molecule has 4 nitrogen and oxygen atoms in total. The van der Waals surface area contributed by atoms with Crippen LogP contribution in [0.15, 0.2) is 57.8 Å². The van der Waals surface area contributed by atoms with E-state index in [4.69, 9.17) is 4.42 Å². The molecule has 0 bridgehead atoms. The molecule has 28 heavy (non-hydrogen) atoms. The summed E-state index contributed by atoms with van der Waals surface area (Å²) in [6.07, 6.45) is 2.06. The summed E-state index contributed by atoms with van der Waals surface area (Å²) in [5.41, 5.74) is 1.63. The van der Waals surface area contributed by atoms with Gasteiger partial charge >= 0.3 is 0 Å². The molecular formula is C22H23FN2O2S. The molecule has 0 radical (unpaired) electrons. The van der Waals surface area contributed by atoms with E-state index in [1.165, 1.54) is 12.1 Å². The predicted octanol–water partition coefficient (Wildman–Crippen LogP) is 4.69. The first-order chi connectivity index (χ1) is 13.7. The van der Waals surface area contributed by atoms with Gasteiger partial charge < -0.3 is 14.6 Å². The Balaban J connectivity index is 1.63. The number of nitrogens with zero attached hydrogens (tertiary/aromatic N) is 1. The van der Waals surface area contributed by atoms with Crippen molar-refractivity contribution < 1.29 is 13.6 Å². The summed E-state index contributed by atoms with van der Waals surface area (Å²) in [4.78, 5) is 16.1. The number of benzene rings is 2. The second-order valence-corrected chi connectivity index (χ2v) is 8.08. The Morgan fingerprint density at radius 2 is 2.04 bits per heavy atom. The molecule has 1 saturated heterocycles. The van der Waals surface area contributed by atoms with Crippen LogP contribution in [-0.4, -0.2) is 37.0 Å². The number of thioether (sulfide) groups is 1. The zero-order chi connectivity index (χ0) is 19.5. The molecule has 1 atom stereocenters. The van der Waals surface area contributed by atoms with Crippen LogP contribution in [-0.2, 0) is 5.75 Å². The number of hydrogen-bond acceptors (Lipinski definition) is 4. The van der Waals surface area contributed by atoms with Gasteiger partial charge in [-0.15, -0.1) is 11.8 Å². The van der Waals surface area contributed by atoms with E-state index in [9.17, 15) is 9.18 Å². The Labute approximate surface area is 168 Å². The standard InChI is InChI=1S/C22H23FN2O2S/c1-24-16-5-4-12-25(13-16)22(26)21-19(18-6-2-3-7-20(18)27-21)14-28-17-10-8-15(23)9-11-17/h2-3,6-11,16,24H,4-5,12-14H2,1H3. The molecule has 2 aromatic carbocycles. The van der Waals surface area contributed by atoms with Crippen molar-refractivity contribution in [3.8, 4) is 0 Å². The van der Waals surface area contributed by atoms with Crippen molar-refractivity contribution in [2.24, 2.45) is 0 Å². The number of hydrogen-bond donors (Lipinski definition) is 1. The van der Waals surface area contributed by atoms with E-state index >= 15 is 0 Å². The summed E-state index contributed by atoms with van der Waals surface area (Å²) in [6.45, 7) is 1.44. The summed E-state index contributed by atoms with van der Waals surface area (Å²) in [5.74, 6) is 0.712. The van der Waals surface area contributed by atoms with Crippen molar-refractivity contribution in [1.82, 2.24) is 10.2 Å². The highest BCUT2D eigenvalue weighted by Crippen LogP contribution is 2.33. The maximum absolute atomic E-state index is 13.3. The number of fused-ring (bicyclic) bond motifs is 1. The highest BCUT2D eigenvalue weighted by Gasteiger charge is 2.28. The number of likely N-dealkylation sites (N-methyl/N-ethyl adjacent to an activating group) is 1. The van der Waals surface area contributed by atoms with Gasteiger partial charge in [0.15, 0.2) is 5.76 Å². The third-order valence-electron chi connectivity index (χ3n) is 5.21. The van der Waals surface area contributed by atoms with E-state index in [1.54, 1.807) is 23.9 Å². The second kappa shape index (κ2) is 8.37. The predicted molar refractivity (Wildman–Crippen MR) is 110 cm³/mol. The average molecular weight is 399 g/mol. The maximum atomic E-state index is 13.3. The third kappa shape index (κ3) is 3.93. The second-order valence-electron chi connectivity index (χ2n) is 7.03. The zero-order valence-electron chi connectivity index (χ0n) is 15.8. The van der Waals surface area contributed by atoms with Crippen molar-refractivity contribution in [2.75, 3.05) is 20.1 Å². The zero-order valence-corrected chi connectivity index (χ0v) is 16.6. The van der Waals surface area contributed by atoms with Crippen LogP contribution >= 0.6 is 11.8 Å². The van der Waals surface area contributed by atoms with Crippen molar-refractivity contribution in [1.29, 1.82) is 0 Å². The molecule has 1 aromatic heterocycles. The number of nitrogens with one attached hydrogen (secondary N) is 1. The summed E-state index contributed by atoms with van der Waals surface area (Å²) in [7, 11) is 1.94. The van der Waals surface area contributed by atoms with Crippen molar-refractivity contribution in [3.63, 3.8) is 0 Å². The molecule has 1 aliphatic heterocycles. The average Bonchev–Trinajstić information content (AvgIpc) is 3.11. The Morgan fingerprint density at radius 1 is 1.25 bits per heavy atom. The van der Waals surface area contributed by atoms with E-state index < -0.39 is 0 Å². The molecule has 1 aliphatic rings. The highest BCUT2D eigenvalue weighted by molar-refractivity contribution is 7.98. The Kier molecular flexibility index (Phi) is 5.69. The summed E-state index contributed by atoms with van der Waals surface area (Å²) in [5, 5.41) is 4.23. The van der Waals surface area contributed by atoms with Gasteiger partial charge in [0.1, 0.15) is 11.4 Å². The lowest BCUT2D eigenvalue weighted by Crippen LogP contribution is -2.47. The van der Waals surface area contributed by atoms with Crippen LogP contribution in [0.5, 0.6) is 0 Å². The first-order valence-corrected chi connectivity index (χ1v) is 10.5. The van der Waals surface area contributed by atoms with Crippen molar-refractivity contribution in [3.05, 3.63) is 65.7 Å². The minimum atomic E-state index is -0.252. The molecule has 4 rings (SSSR count). The largest absolute Gasteiger partial charge is 0.451 e. The van der Waals surface area contributed by atoms with E-state index in [1.807, 2.05) is 36.2 Å². The van der Waals surface area contributed by atoms with Gasteiger partial charge in [0, 0.05) is 40.7 Å². The maximum Gasteiger partial charge on any atom is 0.289 e. The van der Waals surface area contributed by atoms with Gasteiger partial charge in [-0.1, -0.05) is 18.2 Å². The normalized spacial score (nSPS) is 17.2. The lowest BCUT2D eigenvalue weighted by Gasteiger charge is -2.32. The van der Waals surface area contributed by atoms with Gasteiger partial charge in [-0.2, -0.15) is 0 Å². The summed E-state index contributed by atoms with van der Waals surface area (Å²) >= 11 is 1.58. The number of amides is 1. The van der Waals surface area contributed by atoms with Crippen LogP contribution < -0.4 is 5.32 Å². The molecule has 0 aliphatic carbocycles. The molecule has 1 fully saturated rings. The van der Waals surface area contributed by atoms with Gasteiger partial charge in [-0.05, 0) is 50.2 Å². The van der Waals surface area contributed by atoms with Crippen LogP contribution in [0.25, 0.3) is 11.0 Å². The molecule has 1 unspecified atom stereocenters. The van der Waals surface area contributed by atoms with Crippen LogP contribution in [0, 0.1) is 5.82 Å². The first-order valence-electron chi connectivity index (χ1n) is 9.51. The molecule has 2 heterocycles. The van der Waals surface area contributed by atoms with Crippen molar-refractivity contribution >= 4 is 28.6 Å². The molecule has 0 saturated carbocycles. The fourth-order valence-corrected chi connectivity index (χ4v) is 4.57. The third-order valence-corrected chi connectivity index (χ3v) is 6.24. The minimum Gasteiger partial charge on any atom is -0.451 e. The Morgan fingerprint density at radius 3 is 2.82 bits per heavy atom. The van der Waals surface area contributed by atoms with Gasteiger partial charge in [-0.25, -0.2) is 4.39 Å². The van der Waals surface area contributed by atoms with Gasteiger partial charge in [0.25, 0.3) is 5.91 Å². The number of halogens is 1. The number of para-hydroxylation sites is 1. The molecular weight excluding hydrogens is 375 g/mol. The number of carbonyl (C=O) groups is 1. The molecule has 1 N–H and O–H groups in total. The number of rotatable bonds is 5. The fraction of sp³-hybridized carbons (Fsp3) is 0.318. The number of likely N-dealkylation sites (tertiary alicyclic amines) is 1. The monoisotopic (exact) mass is 398 g/mol. The number of carbonyl (C=O) groups excluding carboxylic acids is 1. The number of piperidine rings is 1. The van der Waals surface area contributed by atoms with E-state index in [-0.39, 0.29) is 11.7 Å². The summed E-state index contributed by atoms with van der Waals surface area (Å²) < 4.78 is 19.2. The molecule has 146 valence electrons. The first kappa shape index (κ1) is 19.0. The highest BCUT2D eigenvalue weighted by atomic mass is 32.2. The number of furan rings is 1. The summed E-state index contributed by atoms with van der Waals surface area (Å²) in [6, 6.07) is 14.5. The minimum absolute atomic E-state index is 0.0501.